The molecule has 8 nitrogen and oxygen atoms in total. The maximum Gasteiger partial charge on any atom is 0.305 e. The number of carboxylic acids is 1. The first kappa shape index (κ1) is 16.8. The quantitative estimate of drug-likeness (QED) is 0.720. The zero-order valence-electron chi connectivity index (χ0n) is 12.8. The number of likely N-dealkylation sites (N-methyl/N-ethyl adjacent to an activating group) is 1. The lowest BCUT2D eigenvalue weighted by molar-refractivity contribution is -0.141. The highest BCUT2D eigenvalue weighted by Gasteiger charge is 2.29. The van der Waals surface area contributed by atoms with Crippen LogP contribution in [0, 0.1) is 0 Å². The first-order valence-corrected chi connectivity index (χ1v) is 6.99. The van der Waals surface area contributed by atoms with Gasteiger partial charge in [-0.1, -0.05) is 0 Å². The van der Waals surface area contributed by atoms with Crippen LogP contribution in [0.3, 0.4) is 0 Å². The van der Waals surface area contributed by atoms with E-state index in [4.69, 9.17) is 20.3 Å². The number of rotatable bonds is 6. The lowest BCUT2D eigenvalue weighted by Gasteiger charge is -2.26. The summed E-state index contributed by atoms with van der Waals surface area (Å²) in [6.45, 7) is 1.66. The van der Waals surface area contributed by atoms with E-state index in [2.05, 4.69) is 0 Å². The maximum atomic E-state index is 12.5. The Kier molecular flexibility index (Phi) is 4.85. The lowest BCUT2D eigenvalue weighted by atomic mass is 10.0. The van der Waals surface area contributed by atoms with Gasteiger partial charge in [-0.15, -0.1) is 0 Å². The van der Waals surface area contributed by atoms with Gasteiger partial charge >= 0.3 is 5.97 Å². The van der Waals surface area contributed by atoms with Gasteiger partial charge in [-0.05, 0) is 25.1 Å². The number of carbonyl (C=O) groups excluding carboxylic acids is 2. The number of nitrogens with zero attached hydrogens (tertiary/aromatic N) is 1. The molecule has 1 aliphatic rings. The average Bonchev–Trinajstić information content (AvgIpc) is 2.98. The largest absolute Gasteiger partial charge is 0.481 e. The minimum Gasteiger partial charge on any atom is -0.481 e. The average molecular weight is 322 g/mol. The number of carbonyl (C=O) groups is 3. The van der Waals surface area contributed by atoms with Crippen molar-refractivity contribution in [3.8, 4) is 11.5 Å². The summed E-state index contributed by atoms with van der Waals surface area (Å²) in [5.41, 5.74) is 5.92. The molecular formula is C15H18N2O6. The van der Waals surface area contributed by atoms with Crippen molar-refractivity contribution in [2.75, 3.05) is 13.8 Å². The fourth-order valence-corrected chi connectivity index (χ4v) is 2.19. The molecule has 124 valence electrons. The van der Waals surface area contributed by atoms with Crippen molar-refractivity contribution in [3.63, 3.8) is 0 Å². The third-order valence-corrected chi connectivity index (χ3v) is 3.68. The zero-order chi connectivity index (χ0) is 17.1. The minimum absolute atomic E-state index is 0.102. The Morgan fingerprint density at radius 2 is 1.96 bits per heavy atom. The van der Waals surface area contributed by atoms with E-state index < -0.39 is 30.4 Å². The highest BCUT2D eigenvalue weighted by molar-refractivity contribution is 6.02. The molecule has 0 radical (unpaired) electrons. The normalized spacial score (nSPS) is 14.9. The van der Waals surface area contributed by atoms with Crippen LogP contribution in [0.5, 0.6) is 11.5 Å². The lowest BCUT2D eigenvalue weighted by Crippen LogP contribution is -2.48. The van der Waals surface area contributed by atoms with Gasteiger partial charge in [0.15, 0.2) is 17.3 Å². The molecule has 23 heavy (non-hydrogen) atoms. The molecule has 8 heteroatoms. The molecule has 1 aromatic carbocycles. The van der Waals surface area contributed by atoms with Crippen LogP contribution >= 0.6 is 0 Å². The minimum atomic E-state index is -1.19. The van der Waals surface area contributed by atoms with Crippen LogP contribution in [0.15, 0.2) is 18.2 Å². The van der Waals surface area contributed by atoms with E-state index >= 15 is 0 Å². The van der Waals surface area contributed by atoms with E-state index in [1.54, 1.807) is 25.1 Å². The summed E-state index contributed by atoms with van der Waals surface area (Å²) in [6.07, 6.45) is -0.492. The van der Waals surface area contributed by atoms with Crippen LogP contribution in [0.25, 0.3) is 0 Å². The molecule has 2 atom stereocenters. The van der Waals surface area contributed by atoms with Gasteiger partial charge in [0.05, 0.1) is 18.5 Å². The molecule has 1 aromatic rings. The number of amides is 1. The Morgan fingerprint density at radius 1 is 1.30 bits per heavy atom. The van der Waals surface area contributed by atoms with E-state index in [0.717, 1.165) is 4.90 Å². The Labute approximate surface area is 132 Å². The van der Waals surface area contributed by atoms with E-state index in [-0.39, 0.29) is 12.6 Å². The van der Waals surface area contributed by atoms with Crippen LogP contribution in [0.1, 0.15) is 23.7 Å². The molecule has 1 amide bonds. The number of fused-ring (bicyclic) bond motifs is 1. The van der Waals surface area contributed by atoms with Crippen molar-refractivity contribution in [3.05, 3.63) is 23.8 Å². The van der Waals surface area contributed by atoms with Crippen molar-refractivity contribution in [2.45, 2.75) is 25.4 Å². The number of benzene rings is 1. The Bertz CT molecular complexity index is 645. The molecule has 0 saturated heterocycles. The molecule has 2 rings (SSSR count). The molecular weight excluding hydrogens is 304 g/mol. The number of Topliss-reactive ketones (excluding diaryl/α,β-unsaturated/α-hetero) is 1. The fourth-order valence-electron chi connectivity index (χ4n) is 2.19. The fraction of sp³-hybridized carbons (Fsp3) is 0.400. The molecule has 0 aliphatic carbocycles. The van der Waals surface area contributed by atoms with Crippen LogP contribution in [-0.4, -0.2) is 53.6 Å². The van der Waals surface area contributed by atoms with Crippen molar-refractivity contribution in [1.29, 1.82) is 0 Å². The predicted molar refractivity (Wildman–Crippen MR) is 79.4 cm³/mol. The van der Waals surface area contributed by atoms with Crippen molar-refractivity contribution >= 4 is 17.7 Å². The number of ether oxygens (including phenoxy) is 2. The van der Waals surface area contributed by atoms with Crippen LogP contribution in [0.2, 0.25) is 0 Å². The summed E-state index contributed by atoms with van der Waals surface area (Å²) in [5, 5.41) is 8.69. The summed E-state index contributed by atoms with van der Waals surface area (Å²) >= 11 is 0. The number of carboxylic acid groups (broad SMARTS) is 1. The van der Waals surface area contributed by atoms with Crippen LogP contribution in [-0.2, 0) is 9.59 Å². The molecule has 0 bridgehead atoms. The van der Waals surface area contributed by atoms with Crippen molar-refractivity contribution < 1.29 is 29.0 Å². The first-order valence-electron chi connectivity index (χ1n) is 6.99. The number of ketones is 1. The van der Waals surface area contributed by atoms with Gasteiger partial charge in [0, 0.05) is 12.6 Å². The second-order valence-corrected chi connectivity index (χ2v) is 5.26. The Hall–Kier alpha value is -2.61. The van der Waals surface area contributed by atoms with E-state index in [9.17, 15) is 14.4 Å². The van der Waals surface area contributed by atoms with E-state index in [1.165, 1.54) is 7.05 Å². The molecule has 0 spiro atoms. The third kappa shape index (κ3) is 3.59. The molecule has 0 saturated carbocycles. The summed E-state index contributed by atoms with van der Waals surface area (Å²) < 4.78 is 10.4. The number of hydrogen-bond donors (Lipinski definition) is 2. The molecule has 0 fully saturated rings. The van der Waals surface area contributed by atoms with E-state index in [1.807, 2.05) is 0 Å². The summed E-state index contributed by atoms with van der Waals surface area (Å²) in [6, 6.07) is 2.78. The summed E-state index contributed by atoms with van der Waals surface area (Å²) in [4.78, 5) is 36.4. The second kappa shape index (κ2) is 6.66. The predicted octanol–water partition coefficient (Wildman–Crippen LogP) is 0.247. The number of aliphatic carboxylic acids is 1. The van der Waals surface area contributed by atoms with Gasteiger partial charge in [0.1, 0.15) is 0 Å². The first-order chi connectivity index (χ1) is 10.8. The van der Waals surface area contributed by atoms with E-state index in [0.29, 0.717) is 17.1 Å². The zero-order valence-corrected chi connectivity index (χ0v) is 12.8. The monoisotopic (exact) mass is 322 g/mol. The summed E-state index contributed by atoms with van der Waals surface area (Å²) in [7, 11) is 1.42. The summed E-state index contributed by atoms with van der Waals surface area (Å²) in [5.74, 6) is -1.05. The molecule has 3 N–H and O–H groups in total. The van der Waals surface area contributed by atoms with Crippen molar-refractivity contribution in [1.82, 2.24) is 4.90 Å². The maximum absolute atomic E-state index is 12.5. The van der Waals surface area contributed by atoms with Gasteiger partial charge in [-0.3, -0.25) is 14.4 Å². The molecule has 1 aliphatic heterocycles. The molecule has 0 aromatic heterocycles. The third-order valence-electron chi connectivity index (χ3n) is 3.68. The van der Waals surface area contributed by atoms with Gasteiger partial charge in [-0.2, -0.15) is 0 Å². The van der Waals surface area contributed by atoms with Crippen LogP contribution in [0.4, 0.5) is 0 Å². The second-order valence-electron chi connectivity index (χ2n) is 5.26. The Morgan fingerprint density at radius 3 is 2.61 bits per heavy atom. The molecule has 1 heterocycles. The highest BCUT2D eigenvalue weighted by atomic mass is 16.7. The Balaban J connectivity index is 2.09. The number of hydrogen-bond acceptors (Lipinski definition) is 6. The van der Waals surface area contributed by atoms with Gasteiger partial charge in [-0.25, -0.2) is 0 Å². The standard InChI is InChI=1S/C15H18N2O6/c1-8(17(2)15(21)10(16)6-13(18)19)14(20)9-3-4-11-12(5-9)23-7-22-11/h3-5,8,10H,6-7,16H2,1-2H3,(H,18,19)/t8?,10-/m0/s1. The van der Waals surface area contributed by atoms with Gasteiger partial charge in [0.2, 0.25) is 12.7 Å². The highest BCUT2D eigenvalue weighted by Crippen LogP contribution is 2.32. The molecule has 1 unspecified atom stereocenters. The van der Waals surface area contributed by atoms with Gasteiger partial charge < -0.3 is 25.2 Å². The number of nitrogens with two attached hydrogens (primary N) is 1. The topological polar surface area (TPSA) is 119 Å². The smallest absolute Gasteiger partial charge is 0.305 e. The SMILES string of the molecule is CC(C(=O)c1ccc2c(c1)OCO2)N(C)C(=O)[C@@H](N)CC(=O)O. The van der Waals surface area contributed by atoms with Crippen LogP contribution < -0.4 is 15.2 Å². The van der Waals surface area contributed by atoms with Gasteiger partial charge in [0.25, 0.3) is 0 Å². The van der Waals surface area contributed by atoms with Crippen molar-refractivity contribution in [2.24, 2.45) is 5.73 Å².